The second-order valence-corrected chi connectivity index (χ2v) is 10.4. The molecule has 1 heterocycles. The van der Waals surface area contributed by atoms with Gasteiger partial charge in [-0.25, -0.2) is 0 Å². The van der Waals surface area contributed by atoms with Crippen molar-refractivity contribution in [3.8, 4) is 5.75 Å². The molecule has 3 aliphatic rings. The number of anilines is 1. The average Bonchev–Trinajstić information content (AvgIpc) is 3.08. The van der Waals surface area contributed by atoms with Crippen LogP contribution >= 0.6 is 0 Å². The van der Waals surface area contributed by atoms with Crippen LogP contribution in [0.15, 0.2) is 24.3 Å². The van der Waals surface area contributed by atoms with Crippen LogP contribution in [-0.2, 0) is 4.74 Å². The van der Waals surface area contributed by atoms with Crippen molar-refractivity contribution in [2.75, 3.05) is 51.3 Å². The van der Waals surface area contributed by atoms with Crippen molar-refractivity contribution in [1.29, 1.82) is 0 Å². The van der Waals surface area contributed by atoms with Crippen LogP contribution in [0, 0.1) is 16.7 Å². The van der Waals surface area contributed by atoms with Crippen LogP contribution in [0.1, 0.15) is 46.5 Å². The van der Waals surface area contributed by atoms with E-state index < -0.39 is 0 Å². The fraction of sp³-hybridized carbons (Fsp3) is 0.760. The number of fused-ring (bicyclic) bond motifs is 2. The van der Waals surface area contributed by atoms with Crippen molar-refractivity contribution in [3.63, 3.8) is 0 Å². The highest BCUT2D eigenvalue weighted by atomic mass is 16.5. The van der Waals surface area contributed by atoms with E-state index in [1.807, 2.05) is 12.1 Å². The number of para-hydroxylation sites is 2. The fourth-order valence-electron chi connectivity index (χ4n) is 6.18. The third-order valence-electron chi connectivity index (χ3n) is 8.75. The second kappa shape index (κ2) is 8.68. The molecule has 2 aliphatic carbocycles. The number of methoxy groups -OCH3 is 1. The zero-order chi connectivity index (χ0) is 21.4. The van der Waals surface area contributed by atoms with Crippen LogP contribution in [-0.4, -0.2) is 68.7 Å². The highest BCUT2D eigenvalue weighted by Gasteiger charge is 2.61. The van der Waals surface area contributed by atoms with Gasteiger partial charge in [0.05, 0.1) is 25.0 Å². The molecule has 5 heteroatoms. The summed E-state index contributed by atoms with van der Waals surface area (Å²) in [5.41, 5.74) is 1.85. The number of hydrogen-bond acceptors (Lipinski definition) is 5. The molecular formula is C25H40N2O3. The third-order valence-corrected chi connectivity index (χ3v) is 8.75. The van der Waals surface area contributed by atoms with E-state index >= 15 is 0 Å². The predicted molar refractivity (Wildman–Crippen MR) is 121 cm³/mol. The van der Waals surface area contributed by atoms with Crippen LogP contribution in [0.5, 0.6) is 5.75 Å². The Kier molecular flexibility index (Phi) is 6.34. The minimum atomic E-state index is -0.317. The van der Waals surface area contributed by atoms with Gasteiger partial charge in [-0.3, -0.25) is 4.90 Å². The number of β-amino-alcohol motifs (C(OH)–C–C–N with tert-alkyl or cyclic N) is 1. The highest BCUT2D eigenvalue weighted by Crippen LogP contribution is 2.66. The Hall–Kier alpha value is -1.30. The molecule has 30 heavy (non-hydrogen) atoms. The minimum Gasteiger partial charge on any atom is -0.495 e. The number of rotatable bonds is 8. The van der Waals surface area contributed by atoms with Gasteiger partial charge in [-0.2, -0.15) is 0 Å². The van der Waals surface area contributed by atoms with E-state index in [0.717, 1.165) is 56.5 Å². The average molecular weight is 417 g/mol. The highest BCUT2D eigenvalue weighted by molar-refractivity contribution is 5.58. The van der Waals surface area contributed by atoms with Gasteiger partial charge in [0.2, 0.25) is 0 Å². The van der Waals surface area contributed by atoms with Crippen molar-refractivity contribution in [2.24, 2.45) is 16.7 Å². The van der Waals surface area contributed by atoms with Crippen LogP contribution in [0.4, 0.5) is 5.69 Å². The van der Waals surface area contributed by atoms with Gasteiger partial charge in [0.25, 0.3) is 0 Å². The van der Waals surface area contributed by atoms with E-state index in [9.17, 15) is 5.11 Å². The normalized spacial score (nSPS) is 31.8. The SMILES string of the molecule is COc1ccccc1N1CCN(C[C@@H](O)CCO[C@@H]2C[C@@H]3CC[C@@]2(C)C3(C)C)CC1. The Labute approximate surface area is 182 Å². The number of benzene rings is 1. The fourth-order valence-corrected chi connectivity index (χ4v) is 6.18. The summed E-state index contributed by atoms with van der Waals surface area (Å²) < 4.78 is 11.8. The van der Waals surface area contributed by atoms with Gasteiger partial charge < -0.3 is 19.5 Å². The monoisotopic (exact) mass is 416 g/mol. The molecule has 0 radical (unpaired) electrons. The van der Waals surface area contributed by atoms with E-state index in [4.69, 9.17) is 9.47 Å². The van der Waals surface area contributed by atoms with Gasteiger partial charge >= 0.3 is 0 Å². The molecular weight excluding hydrogens is 376 g/mol. The molecule has 1 aromatic rings. The maximum Gasteiger partial charge on any atom is 0.142 e. The quantitative estimate of drug-likeness (QED) is 0.698. The van der Waals surface area contributed by atoms with Crippen LogP contribution < -0.4 is 9.64 Å². The number of nitrogens with zero attached hydrogens (tertiary/aromatic N) is 2. The molecule has 1 N–H and O–H groups in total. The Balaban J connectivity index is 1.18. The summed E-state index contributed by atoms with van der Waals surface area (Å²) in [4.78, 5) is 4.75. The zero-order valence-corrected chi connectivity index (χ0v) is 19.3. The number of aliphatic hydroxyl groups is 1. The largest absolute Gasteiger partial charge is 0.495 e. The molecule has 168 valence electrons. The van der Waals surface area contributed by atoms with E-state index in [1.165, 1.54) is 19.3 Å². The summed E-state index contributed by atoms with van der Waals surface area (Å²) in [6.07, 6.45) is 4.61. The van der Waals surface area contributed by atoms with Gasteiger partial charge in [0, 0.05) is 39.3 Å². The van der Waals surface area contributed by atoms with Crippen molar-refractivity contribution in [3.05, 3.63) is 24.3 Å². The van der Waals surface area contributed by atoms with E-state index in [2.05, 4.69) is 42.7 Å². The molecule has 0 aromatic heterocycles. The van der Waals surface area contributed by atoms with E-state index in [0.29, 0.717) is 23.5 Å². The topological polar surface area (TPSA) is 45.2 Å². The molecule has 3 fully saturated rings. The zero-order valence-electron chi connectivity index (χ0n) is 19.3. The van der Waals surface area contributed by atoms with Gasteiger partial charge in [0.1, 0.15) is 5.75 Å². The molecule has 1 saturated heterocycles. The predicted octanol–water partition coefficient (Wildman–Crippen LogP) is 3.80. The van der Waals surface area contributed by atoms with Crippen LogP contribution in [0.25, 0.3) is 0 Å². The lowest BCUT2D eigenvalue weighted by Crippen LogP contribution is -2.48. The van der Waals surface area contributed by atoms with Gasteiger partial charge in [-0.05, 0) is 54.6 Å². The Morgan fingerprint density at radius 3 is 2.50 bits per heavy atom. The number of ether oxygens (including phenoxy) is 2. The van der Waals surface area contributed by atoms with E-state index in [1.54, 1.807) is 7.11 Å². The van der Waals surface area contributed by atoms with Crippen molar-refractivity contribution in [2.45, 2.75) is 58.7 Å². The van der Waals surface area contributed by atoms with Crippen LogP contribution in [0.3, 0.4) is 0 Å². The van der Waals surface area contributed by atoms with Gasteiger partial charge in [-0.15, -0.1) is 0 Å². The van der Waals surface area contributed by atoms with Crippen molar-refractivity contribution >= 4 is 5.69 Å². The first-order chi connectivity index (χ1) is 14.3. The molecule has 0 unspecified atom stereocenters. The molecule has 1 aromatic carbocycles. The molecule has 0 spiro atoms. The smallest absolute Gasteiger partial charge is 0.142 e. The molecule has 5 nitrogen and oxygen atoms in total. The van der Waals surface area contributed by atoms with Gasteiger partial charge in [-0.1, -0.05) is 32.9 Å². The molecule has 1 aliphatic heterocycles. The summed E-state index contributed by atoms with van der Waals surface area (Å²) in [6, 6.07) is 8.21. The second-order valence-electron chi connectivity index (χ2n) is 10.4. The molecule has 4 atom stereocenters. The first-order valence-corrected chi connectivity index (χ1v) is 11.7. The Bertz CT molecular complexity index is 716. The Morgan fingerprint density at radius 2 is 1.87 bits per heavy atom. The molecule has 2 bridgehead atoms. The minimum absolute atomic E-state index is 0.303. The van der Waals surface area contributed by atoms with Crippen LogP contribution in [0.2, 0.25) is 0 Å². The van der Waals surface area contributed by atoms with Crippen molar-refractivity contribution < 1.29 is 14.6 Å². The summed E-state index contributed by atoms with van der Waals surface area (Å²) in [6.45, 7) is 12.5. The summed E-state index contributed by atoms with van der Waals surface area (Å²) in [7, 11) is 1.73. The number of aliphatic hydroxyl groups excluding tert-OH is 1. The standard InChI is InChI=1S/C25H40N2O3/c1-24(2)19-9-11-25(24,3)23(17-19)30-16-10-20(28)18-26-12-14-27(15-13-26)21-7-5-6-8-22(21)29-4/h5-8,19-20,23,28H,9-18H2,1-4H3/t19-,20-,23+,25+/m0/s1. The molecule has 0 amide bonds. The van der Waals surface area contributed by atoms with Gasteiger partial charge in [0.15, 0.2) is 0 Å². The lowest BCUT2D eigenvalue weighted by molar-refractivity contribution is -0.0564. The number of hydrogen-bond donors (Lipinski definition) is 1. The summed E-state index contributed by atoms with van der Waals surface area (Å²) in [5, 5.41) is 10.6. The lowest BCUT2D eigenvalue weighted by Gasteiger charge is -2.39. The molecule has 4 rings (SSSR count). The first-order valence-electron chi connectivity index (χ1n) is 11.7. The van der Waals surface area contributed by atoms with Crippen molar-refractivity contribution in [1.82, 2.24) is 4.90 Å². The Morgan fingerprint density at radius 1 is 1.13 bits per heavy atom. The maximum absolute atomic E-state index is 10.6. The lowest BCUT2D eigenvalue weighted by atomic mass is 9.70. The number of piperazine rings is 1. The maximum atomic E-state index is 10.6. The third kappa shape index (κ3) is 3.96. The summed E-state index contributed by atoms with van der Waals surface area (Å²) in [5.74, 6) is 1.73. The molecule has 2 saturated carbocycles. The summed E-state index contributed by atoms with van der Waals surface area (Å²) >= 11 is 0. The first kappa shape index (κ1) is 21.9. The van der Waals surface area contributed by atoms with E-state index in [-0.39, 0.29) is 6.10 Å².